The van der Waals surface area contributed by atoms with Gasteiger partial charge in [0.2, 0.25) is 5.79 Å². The summed E-state index contributed by atoms with van der Waals surface area (Å²) in [5, 5.41) is 24.0. The smallest absolute Gasteiger partial charge is 0.410 e. The summed E-state index contributed by atoms with van der Waals surface area (Å²) in [5.41, 5.74) is 2.69. The van der Waals surface area contributed by atoms with Crippen LogP contribution in [-0.2, 0) is 14.3 Å². The number of likely N-dealkylation sites (N-methyl/N-ethyl adjacent to an activating group) is 1. The maximum absolute atomic E-state index is 13.4. The molecule has 0 aromatic heterocycles. The highest BCUT2D eigenvalue weighted by molar-refractivity contribution is 6.18. The van der Waals surface area contributed by atoms with Gasteiger partial charge in [-0.3, -0.25) is 0 Å². The second-order valence-corrected chi connectivity index (χ2v) is 12.6. The molecule has 0 bridgehead atoms. The molecular formula is C36H51ClN2O8. The topological polar surface area (TPSA) is 119 Å². The van der Waals surface area contributed by atoms with Gasteiger partial charge < -0.3 is 38.9 Å². The highest BCUT2D eigenvalue weighted by Gasteiger charge is 2.65. The number of unbranched alkanes of at least 4 members (excludes halogenated alkanes) is 2. The van der Waals surface area contributed by atoms with Gasteiger partial charge in [0.1, 0.15) is 37.4 Å². The number of allylic oxidation sites excluding steroid dienone is 1. The third-order valence-corrected chi connectivity index (χ3v) is 9.53. The molecule has 1 aliphatic heterocycles. The number of carbonyl (C=O) groups is 1. The van der Waals surface area contributed by atoms with Crippen molar-refractivity contribution >= 4 is 23.4 Å². The summed E-state index contributed by atoms with van der Waals surface area (Å²) in [6.07, 6.45) is 10.3. The fourth-order valence-corrected chi connectivity index (χ4v) is 7.55. The molecule has 1 fully saturated rings. The van der Waals surface area contributed by atoms with E-state index in [9.17, 15) is 15.0 Å². The monoisotopic (exact) mass is 674 g/mol. The number of alkyl halides is 1. The van der Waals surface area contributed by atoms with Gasteiger partial charge in [-0.05, 0) is 68.2 Å². The Labute approximate surface area is 284 Å². The predicted molar refractivity (Wildman–Crippen MR) is 182 cm³/mol. The van der Waals surface area contributed by atoms with Crippen molar-refractivity contribution in [3.8, 4) is 11.5 Å². The Morgan fingerprint density at radius 3 is 2.57 bits per heavy atom. The van der Waals surface area contributed by atoms with Crippen LogP contribution in [0.25, 0.3) is 0 Å². The lowest BCUT2D eigenvalue weighted by Crippen LogP contribution is -2.69. The van der Waals surface area contributed by atoms with Crippen LogP contribution in [0, 0.1) is 17.8 Å². The number of rotatable bonds is 19. The van der Waals surface area contributed by atoms with Crippen LogP contribution in [0.15, 0.2) is 60.3 Å². The number of nitrogens with zero attached hydrogens (tertiary/aromatic N) is 2. The molecule has 2 aliphatic carbocycles. The lowest BCUT2D eigenvalue weighted by atomic mass is 9.55. The van der Waals surface area contributed by atoms with E-state index in [-0.39, 0.29) is 56.0 Å². The minimum atomic E-state index is -1.33. The fraction of sp³-hybridized carbons (Fsp3) is 0.611. The van der Waals surface area contributed by atoms with Gasteiger partial charge in [0.05, 0.1) is 24.1 Å². The highest BCUT2D eigenvalue weighted by Crippen LogP contribution is 2.61. The third kappa shape index (κ3) is 8.16. The standard InChI is InChI=1S/C36H51ClN2O8/c1-5-19-43-26-14-15-31-29(23-26)33-27(13-9-11-18-41)25(12-8-10-17-40)22-28-30(38-46-7-3)24-32(39(4)35(42)44-21-16-37)36(47-31,34(28)33)45-20-6-2/h5-6,14-15,22-23,25,27,32-34,40-41H,1-2,7-13,16-21,24H2,3-4H3. The number of aliphatic hydroxyl groups excluding tert-OH is 2. The van der Waals surface area contributed by atoms with Gasteiger partial charge in [-0.25, -0.2) is 4.79 Å². The van der Waals surface area contributed by atoms with Crippen molar-refractivity contribution in [1.29, 1.82) is 0 Å². The van der Waals surface area contributed by atoms with Gasteiger partial charge >= 0.3 is 6.09 Å². The summed E-state index contributed by atoms with van der Waals surface area (Å²) in [5.74, 6) is -0.0514. The van der Waals surface area contributed by atoms with E-state index in [1.165, 1.54) is 4.90 Å². The molecule has 10 nitrogen and oxygen atoms in total. The molecule has 0 saturated heterocycles. The van der Waals surface area contributed by atoms with Crippen molar-refractivity contribution in [3.05, 3.63) is 60.7 Å². The molecule has 6 atom stereocenters. The van der Waals surface area contributed by atoms with Crippen molar-refractivity contribution in [2.75, 3.05) is 52.6 Å². The number of benzene rings is 1. The van der Waals surface area contributed by atoms with E-state index in [0.717, 1.165) is 42.5 Å². The van der Waals surface area contributed by atoms with Crippen LogP contribution in [-0.4, -0.2) is 91.3 Å². The van der Waals surface area contributed by atoms with E-state index in [2.05, 4.69) is 30.5 Å². The van der Waals surface area contributed by atoms with E-state index in [1.54, 1.807) is 19.2 Å². The van der Waals surface area contributed by atoms with Crippen LogP contribution >= 0.6 is 11.6 Å². The quantitative estimate of drug-likeness (QED) is 0.0770. The van der Waals surface area contributed by atoms with Crippen LogP contribution in [0.1, 0.15) is 63.4 Å². The van der Waals surface area contributed by atoms with Gasteiger partial charge in [-0.2, -0.15) is 0 Å². The number of hydrogen-bond acceptors (Lipinski definition) is 9. The number of ether oxygens (including phenoxy) is 4. The van der Waals surface area contributed by atoms with Gasteiger partial charge in [0.15, 0.2) is 0 Å². The molecule has 1 saturated carbocycles. The van der Waals surface area contributed by atoms with Crippen molar-refractivity contribution in [3.63, 3.8) is 0 Å². The number of oxime groups is 1. The Bertz CT molecular complexity index is 1270. The summed E-state index contributed by atoms with van der Waals surface area (Å²) in [6.45, 7) is 10.8. The van der Waals surface area contributed by atoms with Crippen LogP contribution < -0.4 is 9.47 Å². The summed E-state index contributed by atoms with van der Waals surface area (Å²) in [6, 6.07) is 5.19. The minimum absolute atomic E-state index is 0.0642. The van der Waals surface area contributed by atoms with E-state index in [0.29, 0.717) is 44.0 Å². The van der Waals surface area contributed by atoms with Crippen LogP contribution in [0.4, 0.5) is 4.79 Å². The summed E-state index contributed by atoms with van der Waals surface area (Å²) < 4.78 is 25.3. The normalized spacial score (nSPS) is 26.7. The molecule has 1 aromatic rings. The van der Waals surface area contributed by atoms with Gasteiger partial charge in [0, 0.05) is 38.2 Å². The van der Waals surface area contributed by atoms with Gasteiger partial charge in [-0.15, -0.1) is 18.2 Å². The molecule has 4 rings (SSSR count). The fourth-order valence-electron chi connectivity index (χ4n) is 7.47. The van der Waals surface area contributed by atoms with Gasteiger partial charge in [-0.1, -0.05) is 42.8 Å². The molecule has 11 heteroatoms. The van der Waals surface area contributed by atoms with Crippen LogP contribution in [0.5, 0.6) is 11.5 Å². The Morgan fingerprint density at radius 1 is 1.15 bits per heavy atom. The van der Waals surface area contributed by atoms with Crippen molar-refractivity contribution < 1.29 is 38.8 Å². The Hall–Kier alpha value is -3.05. The molecule has 47 heavy (non-hydrogen) atoms. The first-order chi connectivity index (χ1) is 22.9. The number of hydrogen-bond donors (Lipinski definition) is 2. The Kier molecular flexibility index (Phi) is 14.0. The molecule has 3 aliphatic rings. The van der Waals surface area contributed by atoms with Gasteiger partial charge in [0.25, 0.3) is 0 Å². The first-order valence-corrected chi connectivity index (χ1v) is 17.3. The van der Waals surface area contributed by atoms with Crippen LogP contribution in [0.2, 0.25) is 0 Å². The zero-order valence-corrected chi connectivity index (χ0v) is 28.5. The molecule has 1 amide bonds. The first kappa shape index (κ1) is 36.8. The summed E-state index contributed by atoms with van der Waals surface area (Å²) in [4.78, 5) is 20.7. The minimum Gasteiger partial charge on any atom is -0.490 e. The molecule has 1 heterocycles. The summed E-state index contributed by atoms with van der Waals surface area (Å²) in [7, 11) is 1.69. The van der Waals surface area contributed by atoms with Crippen molar-refractivity contribution in [2.45, 2.75) is 69.6 Å². The molecule has 260 valence electrons. The lowest BCUT2D eigenvalue weighted by Gasteiger charge is -2.59. The molecular weight excluding hydrogens is 624 g/mol. The number of aliphatic hydroxyl groups is 2. The average molecular weight is 675 g/mol. The lowest BCUT2D eigenvalue weighted by molar-refractivity contribution is -0.253. The van der Waals surface area contributed by atoms with E-state index in [1.807, 2.05) is 19.1 Å². The number of amides is 1. The SMILES string of the molecule is C=CCOc1ccc2c(c1)C1C(CCCCO)C(CCCCO)C=C3C(=NOCC)CC(N(C)C(=O)OCCCl)C(OCC=C)(O2)C31. The molecule has 2 N–H and O–H groups in total. The highest BCUT2D eigenvalue weighted by atomic mass is 35.5. The third-order valence-electron chi connectivity index (χ3n) is 9.37. The largest absolute Gasteiger partial charge is 0.490 e. The van der Waals surface area contributed by atoms with Crippen LogP contribution in [0.3, 0.4) is 0 Å². The number of halogens is 1. The Balaban J connectivity index is 1.99. The molecule has 1 aromatic carbocycles. The van der Waals surface area contributed by atoms with Crippen molar-refractivity contribution in [1.82, 2.24) is 4.90 Å². The van der Waals surface area contributed by atoms with E-state index < -0.39 is 17.9 Å². The zero-order valence-electron chi connectivity index (χ0n) is 27.8. The number of carbonyl (C=O) groups excluding carboxylic acids is 1. The second-order valence-electron chi connectivity index (χ2n) is 12.2. The average Bonchev–Trinajstić information content (AvgIpc) is 3.08. The van der Waals surface area contributed by atoms with E-state index >= 15 is 0 Å². The molecule has 0 spiro atoms. The zero-order chi connectivity index (χ0) is 33.8. The summed E-state index contributed by atoms with van der Waals surface area (Å²) >= 11 is 5.87. The van der Waals surface area contributed by atoms with Crippen molar-refractivity contribution in [2.24, 2.45) is 22.9 Å². The Morgan fingerprint density at radius 2 is 1.89 bits per heavy atom. The predicted octanol–water partition coefficient (Wildman–Crippen LogP) is 6.21. The number of fused-ring (bicyclic) bond motifs is 2. The maximum atomic E-state index is 13.4. The maximum Gasteiger partial charge on any atom is 0.410 e. The molecule has 6 unspecified atom stereocenters. The second kappa shape index (κ2) is 17.9. The molecule has 0 radical (unpaired) electrons. The van der Waals surface area contributed by atoms with E-state index in [4.69, 9.17) is 35.4 Å². The first-order valence-electron chi connectivity index (χ1n) is 16.8.